The number of carbonyl (C=O) groups excluding carboxylic acids is 1. The second-order valence-electron chi connectivity index (χ2n) is 7.30. The van der Waals surface area contributed by atoms with Crippen LogP contribution in [0.4, 0.5) is 0 Å². The Bertz CT molecular complexity index is 367. The molecule has 1 aliphatic rings. The quantitative estimate of drug-likeness (QED) is 0.487. The van der Waals surface area contributed by atoms with Gasteiger partial charge in [-0.1, -0.05) is 41.7 Å². The molecule has 0 aromatic heterocycles. The maximum Gasteiger partial charge on any atom is 0.223 e. The lowest BCUT2D eigenvalue weighted by molar-refractivity contribution is -0.133. The molecule has 1 heterocycles. The van der Waals surface area contributed by atoms with Gasteiger partial charge in [0.15, 0.2) is 0 Å². The predicted molar refractivity (Wildman–Crippen MR) is 118 cm³/mol. The van der Waals surface area contributed by atoms with Gasteiger partial charge < -0.3 is 19.6 Å². The number of nitrogens with zero attached hydrogens (tertiary/aromatic N) is 4. The molecule has 0 unspecified atom stereocenters. The van der Waals surface area contributed by atoms with Crippen LogP contribution in [0.1, 0.15) is 60.8 Å². The molecule has 0 N–H and O–H groups in total. The van der Waals surface area contributed by atoms with E-state index in [1.165, 1.54) is 18.7 Å². The first-order valence-electron chi connectivity index (χ1n) is 10.7. The van der Waals surface area contributed by atoms with Gasteiger partial charge in [-0.15, -0.1) is 0 Å². The number of hydrogen-bond acceptors (Lipinski definition) is 4. The van der Waals surface area contributed by atoms with Crippen LogP contribution in [0.5, 0.6) is 0 Å². The summed E-state index contributed by atoms with van der Waals surface area (Å²) in [6.45, 7) is 23.0. The van der Waals surface area contributed by atoms with Gasteiger partial charge in [0.2, 0.25) is 5.91 Å². The van der Waals surface area contributed by atoms with E-state index in [1.807, 2.05) is 4.90 Å². The number of carbonyl (C=O) groups is 1. The minimum Gasteiger partial charge on any atom is -0.372 e. The van der Waals surface area contributed by atoms with Crippen LogP contribution >= 0.6 is 0 Å². The van der Waals surface area contributed by atoms with E-state index in [9.17, 15) is 4.79 Å². The summed E-state index contributed by atoms with van der Waals surface area (Å²) in [5.41, 5.74) is 1.23. The van der Waals surface area contributed by atoms with Crippen LogP contribution in [-0.4, -0.2) is 91.0 Å². The monoisotopic (exact) mass is 382 g/mol. The van der Waals surface area contributed by atoms with Crippen LogP contribution in [0, 0.1) is 0 Å². The summed E-state index contributed by atoms with van der Waals surface area (Å²) in [4.78, 5) is 21.7. The number of hydrogen-bond donors (Lipinski definition) is 0. The standard InChI is InChI=1S/C21H42N4O.CH4/c1-6-12-22(8-3)14-10-20(5)24-16-18-25(19-17-24)21(26)11-15-23(9-4)13-7-2;/h5-19H2,1-4H3;1H4. The Morgan fingerprint density at radius 2 is 1.22 bits per heavy atom. The highest BCUT2D eigenvalue weighted by molar-refractivity contribution is 5.76. The predicted octanol–water partition coefficient (Wildman–Crippen LogP) is 3.52. The van der Waals surface area contributed by atoms with E-state index in [-0.39, 0.29) is 7.43 Å². The zero-order chi connectivity index (χ0) is 19.4. The van der Waals surface area contributed by atoms with Gasteiger partial charge in [0.1, 0.15) is 0 Å². The number of amides is 1. The second-order valence-corrected chi connectivity index (χ2v) is 7.30. The summed E-state index contributed by atoms with van der Waals surface area (Å²) in [5, 5.41) is 0. The third kappa shape index (κ3) is 9.61. The Morgan fingerprint density at radius 1 is 0.778 bits per heavy atom. The summed E-state index contributed by atoms with van der Waals surface area (Å²) < 4.78 is 0. The molecule has 0 atom stereocenters. The van der Waals surface area contributed by atoms with Crippen LogP contribution in [0.3, 0.4) is 0 Å². The maximum atomic E-state index is 12.5. The van der Waals surface area contributed by atoms with Crippen molar-refractivity contribution in [2.45, 2.75) is 60.8 Å². The maximum absolute atomic E-state index is 12.5. The van der Waals surface area contributed by atoms with Gasteiger partial charge in [0.25, 0.3) is 0 Å². The normalized spacial score (nSPS) is 14.6. The van der Waals surface area contributed by atoms with Crippen molar-refractivity contribution in [1.82, 2.24) is 19.6 Å². The molecule has 5 heteroatoms. The molecule has 0 bridgehead atoms. The van der Waals surface area contributed by atoms with Crippen LogP contribution in [0.2, 0.25) is 0 Å². The highest BCUT2D eigenvalue weighted by Gasteiger charge is 2.22. The van der Waals surface area contributed by atoms with Crippen molar-refractivity contribution < 1.29 is 4.79 Å². The molecule has 5 nitrogen and oxygen atoms in total. The molecule has 27 heavy (non-hydrogen) atoms. The van der Waals surface area contributed by atoms with Crippen molar-refractivity contribution in [1.29, 1.82) is 0 Å². The fraction of sp³-hybridized carbons (Fsp3) is 0.864. The summed E-state index contributed by atoms with van der Waals surface area (Å²) in [6, 6.07) is 0. The smallest absolute Gasteiger partial charge is 0.223 e. The van der Waals surface area contributed by atoms with Crippen LogP contribution < -0.4 is 0 Å². The van der Waals surface area contributed by atoms with Crippen molar-refractivity contribution in [2.75, 3.05) is 65.4 Å². The van der Waals surface area contributed by atoms with Crippen molar-refractivity contribution in [2.24, 2.45) is 0 Å². The molecule has 1 aliphatic heterocycles. The van der Waals surface area contributed by atoms with Gasteiger partial charge >= 0.3 is 0 Å². The van der Waals surface area contributed by atoms with Crippen LogP contribution in [-0.2, 0) is 4.79 Å². The van der Waals surface area contributed by atoms with Gasteiger partial charge in [0.05, 0.1) is 0 Å². The van der Waals surface area contributed by atoms with E-state index in [0.717, 1.165) is 71.7 Å². The molecule has 0 saturated carbocycles. The van der Waals surface area contributed by atoms with Gasteiger partial charge in [-0.2, -0.15) is 0 Å². The molecule has 1 amide bonds. The highest BCUT2D eigenvalue weighted by atomic mass is 16.2. The third-order valence-corrected chi connectivity index (χ3v) is 5.41. The lowest BCUT2D eigenvalue weighted by atomic mass is 10.2. The van der Waals surface area contributed by atoms with Crippen molar-refractivity contribution in [3.63, 3.8) is 0 Å². The van der Waals surface area contributed by atoms with E-state index in [0.29, 0.717) is 12.3 Å². The van der Waals surface area contributed by atoms with Crippen LogP contribution in [0.15, 0.2) is 12.3 Å². The van der Waals surface area contributed by atoms with Crippen molar-refractivity contribution in [3.8, 4) is 0 Å². The van der Waals surface area contributed by atoms with E-state index in [2.05, 4.69) is 49.0 Å². The molecular weight excluding hydrogens is 336 g/mol. The fourth-order valence-corrected chi connectivity index (χ4v) is 3.62. The van der Waals surface area contributed by atoms with Gasteiger partial charge in [-0.05, 0) is 45.4 Å². The zero-order valence-electron chi connectivity index (χ0n) is 17.8. The van der Waals surface area contributed by atoms with E-state index < -0.39 is 0 Å². The molecule has 160 valence electrons. The summed E-state index contributed by atoms with van der Waals surface area (Å²) >= 11 is 0. The van der Waals surface area contributed by atoms with Gasteiger partial charge in [-0.25, -0.2) is 0 Å². The average Bonchev–Trinajstić information content (AvgIpc) is 2.67. The molecule has 1 fully saturated rings. The topological polar surface area (TPSA) is 30.0 Å². The molecule has 0 spiro atoms. The summed E-state index contributed by atoms with van der Waals surface area (Å²) in [7, 11) is 0. The Labute approximate surface area is 169 Å². The molecule has 1 rings (SSSR count). The first-order valence-corrected chi connectivity index (χ1v) is 10.7. The SMILES string of the molecule is C.C=C(CCN(CC)CCC)N1CCN(C(=O)CCN(CC)CCC)CC1. The Kier molecular flexibility index (Phi) is 14.3. The first kappa shape index (κ1) is 25.9. The Hall–Kier alpha value is -1.07. The minimum atomic E-state index is 0. The number of rotatable bonds is 13. The molecule has 0 aliphatic carbocycles. The van der Waals surface area contributed by atoms with Crippen molar-refractivity contribution in [3.05, 3.63) is 12.3 Å². The summed E-state index contributed by atoms with van der Waals surface area (Å²) in [5.74, 6) is 0.310. The zero-order valence-corrected chi connectivity index (χ0v) is 17.8. The average molecular weight is 383 g/mol. The van der Waals surface area contributed by atoms with Crippen molar-refractivity contribution >= 4 is 5.91 Å². The summed E-state index contributed by atoms with van der Waals surface area (Å²) in [6.07, 6.45) is 4.03. The van der Waals surface area contributed by atoms with Gasteiger partial charge in [0, 0.05) is 51.4 Å². The minimum absolute atomic E-state index is 0. The van der Waals surface area contributed by atoms with Gasteiger partial charge in [-0.3, -0.25) is 4.79 Å². The van der Waals surface area contributed by atoms with Crippen LogP contribution in [0.25, 0.3) is 0 Å². The third-order valence-electron chi connectivity index (χ3n) is 5.41. The molecular formula is C22H46N4O. The largest absolute Gasteiger partial charge is 0.372 e. The number of piperazine rings is 1. The molecule has 0 aromatic rings. The van der Waals surface area contributed by atoms with E-state index in [1.54, 1.807) is 0 Å². The Balaban J connectivity index is 0.00000676. The highest BCUT2D eigenvalue weighted by Crippen LogP contribution is 2.13. The first-order chi connectivity index (χ1) is 12.5. The second kappa shape index (κ2) is 14.9. The van der Waals surface area contributed by atoms with E-state index in [4.69, 9.17) is 0 Å². The fourth-order valence-electron chi connectivity index (χ4n) is 3.62. The lowest BCUT2D eigenvalue weighted by Crippen LogP contribution is -2.48. The molecule has 1 saturated heterocycles. The molecule has 0 radical (unpaired) electrons. The Morgan fingerprint density at radius 3 is 1.67 bits per heavy atom. The lowest BCUT2D eigenvalue weighted by Gasteiger charge is -2.37. The molecule has 0 aromatic carbocycles. The van der Waals surface area contributed by atoms with E-state index >= 15 is 0 Å².